The summed E-state index contributed by atoms with van der Waals surface area (Å²) in [4.78, 5) is 2.21. The van der Waals surface area contributed by atoms with Crippen molar-refractivity contribution in [2.45, 2.75) is 18.7 Å². The van der Waals surface area contributed by atoms with Crippen LogP contribution in [0.25, 0.3) is 0 Å². The third-order valence-corrected chi connectivity index (χ3v) is 7.00. The molecule has 0 bridgehead atoms. The Labute approximate surface area is 164 Å². The highest BCUT2D eigenvalue weighted by molar-refractivity contribution is 7.89. The van der Waals surface area contributed by atoms with Crippen LogP contribution in [0, 0.1) is 19.7 Å². The molecule has 144 valence electrons. The van der Waals surface area contributed by atoms with Gasteiger partial charge in [0.25, 0.3) is 0 Å². The molecule has 0 unspecified atom stereocenters. The Morgan fingerprint density at radius 3 is 2.41 bits per heavy atom. The minimum absolute atomic E-state index is 0.313. The van der Waals surface area contributed by atoms with E-state index in [1.54, 1.807) is 31.2 Å². The van der Waals surface area contributed by atoms with Crippen LogP contribution in [0.1, 0.15) is 11.1 Å². The van der Waals surface area contributed by atoms with Crippen LogP contribution >= 0.6 is 12.2 Å². The molecule has 0 aliphatic carbocycles. The molecule has 0 amide bonds. The minimum Gasteiger partial charge on any atom is -0.346 e. The van der Waals surface area contributed by atoms with Gasteiger partial charge in [-0.05, 0) is 55.4 Å². The molecule has 1 aliphatic heterocycles. The molecule has 27 heavy (non-hydrogen) atoms. The first kappa shape index (κ1) is 19.7. The van der Waals surface area contributed by atoms with Gasteiger partial charge in [-0.1, -0.05) is 24.3 Å². The predicted octanol–water partition coefficient (Wildman–Crippen LogP) is 3.15. The van der Waals surface area contributed by atoms with Crippen LogP contribution in [0.3, 0.4) is 0 Å². The number of halogens is 1. The maximum Gasteiger partial charge on any atom is 0.243 e. The van der Waals surface area contributed by atoms with Gasteiger partial charge in [0.05, 0.1) is 10.6 Å². The average Bonchev–Trinajstić information content (AvgIpc) is 2.65. The van der Waals surface area contributed by atoms with E-state index >= 15 is 0 Å². The van der Waals surface area contributed by atoms with E-state index in [1.807, 2.05) is 24.0 Å². The van der Waals surface area contributed by atoms with Gasteiger partial charge in [-0.3, -0.25) is 0 Å². The van der Waals surface area contributed by atoms with Crippen molar-refractivity contribution in [3.8, 4) is 0 Å². The molecule has 0 saturated carbocycles. The molecule has 1 aliphatic rings. The van der Waals surface area contributed by atoms with Crippen LogP contribution in [0.4, 0.5) is 10.1 Å². The molecule has 3 rings (SSSR count). The van der Waals surface area contributed by atoms with Crippen molar-refractivity contribution in [3.63, 3.8) is 0 Å². The summed E-state index contributed by atoms with van der Waals surface area (Å²) in [6.07, 6.45) is 0. The van der Waals surface area contributed by atoms with Crippen molar-refractivity contribution >= 4 is 33.0 Å². The number of piperazine rings is 1. The zero-order valence-electron chi connectivity index (χ0n) is 15.3. The lowest BCUT2D eigenvalue weighted by molar-refractivity contribution is 0.268. The summed E-state index contributed by atoms with van der Waals surface area (Å²) >= 11 is 5.36. The van der Waals surface area contributed by atoms with Crippen LogP contribution < -0.4 is 5.32 Å². The number of anilines is 1. The van der Waals surface area contributed by atoms with Gasteiger partial charge in [-0.25, -0.2) is 12.8 Å². The molecule has 1 N–H and O–H groups in total. The number of benzene rings is 2. The summed E-state index contributed by atoms with van der Waals surface area (Å²) in [5, 5.41) is 3.29. The molecule has 8 heteroatoms. The molecule has 2 aromatic carbocycles. The molecule has 1 heterocycles. The number of thiocarbonyl (C=S) groups is 1. The first-order chi connectivity index (χ1) is 12.8. The first-order valence-electron chi connectivity index (χ1n) is 8.67. The zero-order chi connectivity index (χ0) is 19.6. The second-order valence-corrected chi connectivity index (χ2v) is 8.86. The molecule has 1 saturated heterocycles. The van der Waals surface area contributed by atoms with Crippen molar-refractivity contribution in [3.05, 3.63) is 59.4 Å². The Kier molecular flexibility index (Phi) is 5.78. The van der Waals surface area contributed by atoms with Gasteiger partial charge in [0.2, 0.25) is 10.0 Å². The first-order valence-corrected chi connectivity index (χ1v) is 10.5. The highest BCUT2D eigenvalue weighted by atomic mass is 32.2. The lowest BCUT2D eigenvalue weighted by Crippen LogP contribution is -2.51. The van der Waals surface area contributed by atoms with Crippen LogP contribution in [0.15, 0.2) is 47.4 Å². The summed E-state index contributed by atoms with van der Waals surface area (Å²) in [6, 6.07) is 11.7. The van der Waals surface area contributed by atoms with Gasteiger partial charge in [0, 0.05) is 26.2 Å². The topological polar surface area (TPSA) is 52.7 Å². The predicted molar refractivity (Wildman–Crippen MR) is 109 cm³/mol. The third-order valence-electron chi connectivity index (χ3n) is 4.60. The quantitative estimate of drug-likeness (QED) is 0.793. The van der Waals surface area contributed by atoms with E-state index in [0.717, 1.165) is 11.1 Å². The molecule has 0 aromatic heterocycles. The second kappa shape index (κ2) is 7.92. The Hall–Kier alpha value is -2.03. The van der Waals surface area contributed by atoms with E-state index in [-0.39, 0.29) is 5.82 Å². The molecular formula is C19H22FN3O2S2. The molecule has 0 radical (unpaired) electrons. The maximum absolute atomic E-state index is 13.8. The van der Waals surface area contributed by atoms with E-state index in [4.69, 9.17) is 12.2 Å². The number of aryl methyl sites for hydroxylation is 2. The number of sulfonamides is 1. The molecule has 0 spiro atoms. The molecule has 2 aromatic rings. The standard InChI is InChI=1S/C19H22FN3O2S2/c1-14-7-8-15(2)18(13-14)27(24,25)23-11-9-22(10-12-23)19(26)21-17-6-4-3-5-16(17)20/h3-8,13H,9-12H2,1-2H3,(H,21,26). The van der Waals surface area contributed by atoms with E-state index in [1.165, 1.54) is 10.4 Å². The Morgan fingerprint density at radius 2 is 1.74 bits per heavy atom. The normalized spacial score (nSPS) is 15.6. The SMILES string of the molecule is Cc1ccc(C)c(S(=O)(=O)N2CCN(C(=S)Nc3ccccc3F)CC2)c1. The largest absolute Gasteiger partial charge is 0.346 e. The second-order valence-electron chi connectivity index (χ2n) is 6.57. The summed E-state index contributed by atoms with van der Waals surface area (Å²) in [6.45, 7) is 5.23. The molecule has 1 fully saturated rings. The fourth-order valence-electron chi connectivity index (χ4n) is 3.01. The average molecular weight is 408 g/mol. The fraction of sp³-hybridized carbons (Fsp3) is 0.316. The van der Waals surface area contributed by atoms with Gasteiger partial charge in [0.15, 0.2) is 5.11 Å². The van der Waals surface area contributed by atoms with E-state index < -0.39 is 10.0 Å². The summed E-state index contributed by atoms with van der Waals surface area (Å²) < 4.78 is 41.2. The maximum atomic E-state index is 13.8. The number of rotatable bonds is 3. The van der Waals surface area contributed by atoms with Crippen molar-refractivity contribution < 1.29 is 12.8 Å². The van der Waals surface area contributed by atoms with Crippen molar-refractivity contribution in [2.24, 2.45) is 0 Å². The van der Waals surface area contributed by atoms with Crippen molar-refractivity contribution in [1.29, 1.82) is 0 Å². The fourth-order valence-corrected chi connectivity index (χ4v) is 5.04. The number of hydrogen-bond acceptors (Lipinski definition) is 3. The number of nitrogens with one attached hydrogen (secondary N) is 1. The third kappa shape index (κ3) is 4.28. The van der Waals surface area contributed by atoms with E-state index in [2.05, 4.69) is 5.32 Å². The van der Waals surface area contributed by atoms with Gasteiger partial charge in [0.1, 0.15) is 5.82 Å². The van der Waals surface area contributed by atoms with Gasteiger partial charge in [-0.15, -0.1) is 0 Å². The molecule has 0 atom stereocenters. The summed E-state index contributed by atoms with van der Waals surface area (Å²) in [7, 11) is -3.55. The molecule has 5 nitrogen and oxygen atoms in total. The highest BCUT2D eigenvalue weighted by Gasteiger charge is 2.30. The van der Waals surface area contributed by atoms with E-state index in [9.17, 15) is 12.8 Å². The lowest BCUT2D eigenvalue weighted by Gasteiger charge is -2.35. The Balaban J connectivity index is 1.67. The summed E-state index contributed by atoms with van der Waals surface area (Å²) in [5.74, 6) is -0.379. The minimum atomic E-state index is -3.55. The monoisotopic (exact) mass is 407 g/mol. The Bertz CT molecular complexity index is 955. The van der Waals surface area contributed by atoms with Crippen LogP contribution in [-0.4, -0.2) is 48.9 Å². The van der Waals surface area contributed by atoms with Crippen LogP contribution in [0.2, 0.25) is 0 Å². The smallest absolute Gasteiger partial charge is 0.243 e. The van der Waals surface area contributed by atoms with Crippen molar-refractivity contribution in [2.75, 3.05) is 31.5 Å². The van der Waals surface area contributed by atoms with Gasteiger partial charge >= 0.3 is 0 Å². The van der Waals surface area contributed by atoms with Gasteiger partial charge < -0.3 is 10.2 Å². The lowest BCUT2D eigenvalue weighted by atomic mass is 10.2. The van der Waals surface area contributed by atoms with Crippen molar-refractivity contribution in [1.82, 2.24) is 9.21 Å². The zero-order valence-corrected chi connectivity index (χ0v) is 16.9. The summed E-state index contributed by atoms with van der Waals surface area (Å²) in [5.41, 5.74) is 1.96. The molecular weight excluding hydrogens is 385 g/mol. The van der Waals surface area contributed by atoms with Gasteiger partial charge in [-0.2, -0.15) is 4.31 Å². The highest BCUT2D eigenvalue weighted by Crippen LogP contribution is 2.23. The number of para-hydroxylation sites is 1. The Morgan fingerprint density at radius 1 is 1.07 bits per heavy atom. The number of nitrogens with zero attached hydrogens (tertiary/aromatic N) is 2. The van der Waals surface area contributed by atoms with E-state index in [0.29, 0.717) is 41.9 Å². The van der Waals surface area contributed by atoms with Crippen LogP contribution in [0.5, 0.6) is 0 Å². The number of hydrogen-bond donors (Lipinski definition) is 1. The van der Waals surface area contributed by atoms with Crippen LogP contribution in [-0.2, 0) is 10.0 Å².